The van der Waals surface area contributed by atoms with E-state index in [9.17, 15) is 4.39 Å². The second kappa shape index (κ2) is 11.8. The summed E-state index contributed by atoms with van der Waals surface area (Å²) in [6, 6.07) is 28.5. The second-order valence-corrected chi connectivity index (χ2v) is 18.1. The molecule has 0 spiro atoms. The van der Waals surface area contributed by atoms with Crippen LogP contribution in [0.3, 0.4) is 0 Å². The van der Waals surface area contributed by atoms with E-state index in [2.05, 4.69) is 86.3 Å². The average molecular weight is 572 g/mol. The van der Waals surface area contributed by atoms with Crippen LogP contribution in [0, 0.1) is 24.6 Å². The largest absolute Gasteiger partial charge is 0.407 e. The third kappa shape index (κ3) is 5.84. The quantitative estimate of drug-likeness (QED) is 0.248. The average Bonchev–Trinajstić information content (AvgIpc) is 3.66. The molecule has 2 aliphatic heterocycles. The van der Waals surface area contributed by atoms with Crippen molar-refractivity contribution in [1.29, 1.82) is 0 Å². The molecular formula is C36H46FNO2Si. The van der Waals surface area contributed by atoms with Gasteiger partial charge in [0.05, 0.1) is 12.7 Å². The summed E-state index contributed by atoms with van der Waals surface area (Å²) in [5.74, 6) is 1.20. The summed E-state index contributed by atoms with van der Waals surface area (Å²) in [5, 5.41) is 2.74. The van der Waals surface area contributed by atoms with Crippen LogP contribution in [0.25, 0.3) is 0 Å². The smallest absolute Gasteiger partial charge is 0.261 e. The first-order valence-electron chi connectivity index (χ1n) is 15.6. The summed E-state index contributed by atoms with van der Waals surface area (Å²) in [6.45, 7) is 11.5. The number of halogens is 1. The van der Waals surface area contributed by atoms with Crippen LogP contribution in [0.1, 0.15) is 64.0 Å². The van der Waals surface area contributed by atoms with Gasteiger partial charge in [-0.15, -0.1) is 0 Å². The van der Waals surface area contributed by atoms with E-state index in [1.165, 1.54) is 36.2 Å². The number of hydrogen-bond acceptors (Lipinski definition) is 3. The first-order valence-corrected chi connectivity index (χ1v) is 17.5. The lowest BCUT2D eigenvalue weighted by molar-refractivity contribution is -0.0306. The topological polar surface area (TPSA) is 21.7 Å². The molecule has 1 saturated carbocycles. The Labute approximate surface area is 247 Å². The van der Waals surface area contributed by atoms with Crippen LogP contribution in [-0.4, -0.2) is 44.6 Å². The van der Waals surface area contributed by atoms with E-state index in [1.54, 1.807) is 12.1 Å². The molecule has 3 aromatic rings. The minimum absolute atomic E-state index is 0.0162. The number of piperidine rings is 1. The molecular weight excluding hydrogens is 525 g/mol. The van der Waals surface area contributed by atoms with Crippen molar-refractivity contribution in [2.24, 2.45) is 11.8 Å². The monoisotopic (exact) mass is 571 g/mol. The Hall–Kier alpha value is -2.31. The number of nitrogens with zero attached hydrogens (tertiary/aromatic N) is 1. The summed E-state index contributed by atoms with van der Waals surface area (Å²) in [7, 11) is -2.48. The minimum atomic E-state index is -2.48. The van der Waals surface area contributed by atoms with Crippen molar-refractivity contribution in [1.82, 2.24) is 4.90 Å². The summed E-state index contributed by atoms with van der Waals surface area (Å²) in [4.78, 5) is 2.79. The lowest BCUT2D eigenvalue weighted by atomic mass is 9.99. The molecule has 5 heteroatoms. The number of ether oxygens (including phenoxy) is 1. The molecule has 2 heterocycles. The molecule has 0 aromatic heterocycles. The fourth-order valence-electron chi connectivity index (χ4n) is 7.71. The van der Waals surface area contributed by atoms with Gasteiger partial charge in [-0.05, 0) is 77.9 Å². The molecule has 5 atom stereocenters. The molecule has 41 heavy (non-hydrogen) atoms. The highest BCUT2D eigenvalue weighted by atomic mass is 28.4. The lowest BCUT2D eigenvalue weighted by Crippen LogP contribution is -2.66. The molecule has 218 valence electrons. The van der Waals surface area contributed by atoms with E-state index in [0.717, 1.165) is 30.9 Å². The minimum Gasteiger partial charge on any atom is -0.407 e. The van der Waals surface area contributed by atoms with Gasteiger partial charge < -0.3 is 9.16 Å². The van der Waals surface area contributed by atoms with Crippen molar-refractivity contribution in [2.45, 2.75) is 89.6 Å². The van der Waals surface area contributed by atoms with E-state index >= 15 is 0 Å². The van der Waals surface area contributed by atoms with Crippen LogP contribution < -0.4 is 10.4 Å². The molecule has 3 aromatic carbocycles. The van der Waals surface area contributed by atoms with Crippen LogP contribution in [0.5, 0.6) is 0 Å². The lowest BCUT2D eigenvalue weighted by Gasteiger charge is -2.43. The van der Waals surface area contributed by atoms with Crippen molar-refractivity contribution < 1.29 is 13.6 Å². The summed E-state index contributed by atoms with van der Waals surface area (Å²) < 4.78 is 27.9. The molecule has 2 bridgehead atoms. The molecule has 3 aliphatic rings. The van der Waals surface area contributed by atoms with Crippen molar-refractivity contribution in [3.63, 3.8) is 0 Å². The standard InChI is InChI=1S/C36H46FNO2Si/c1-26-12-11-17-35(37)34(26)25-39-31-21-29-18-19-30(22-31)38(29)23-27-20-28(27)24-40-41(36(2,3)4,32-13-7-5-8-14-32)33-15-9-6-10-16-33/h5-17,27-31H,18-25H2,1-4H3/t27?,28?,29-,30+,31?. The van der Waals surface area contributed by atoms with Gasteiger partial charge in [-0.1, -0.05) is 93.6 Å². The molecule has 0 N–H and O–H groups in total. The Kier molecular flexibility index (Phi) is 8.25. The van der Waals surface area contributed by atoms with Crippen molar-refractivity contribution in [3.05, 3.63) is 95.8 Å². The summed E-state index contributed by atoms with van der Waals surface area (Å²) >= 11 is 0. The highest BCUT2D eigenvalue weighted by molar-refractivity contribution is 6.99. The molecule has 1 aliphatic carbocycles. The van der Waals surface area contributed by atoms with E-state index in [4.69, 9.17) is 9.16 Å². The molecule has 3 nitrogen and oxygen atoms in total. The summed E-state index contributed by atoms with van der Waals surface area (Å²) in [6.07, 6.45) is 6.16. The number of rotatable bonds is 10. The SMILES string of the molecule is Cc1cccc(F)c1COC1C[C@H]2CC[C@@H](C1)N2CC1CC1CO[Si](c1ccccc1)(c1ccccc1)C(C)(C)C. The van der Waals surface area contributed by atoms with Crippen molar-refractivity contribution in [3.8, 4) is 0 Å². The van der Waals surface area contributed by atoms with Crippen molar-refractivity contribution in [2.75, 3.05) is 13.2 Å². The fourth-order valence-corrected chi connectivity index (χ4v) is 12.3. The van der Waals surface area contributed by atoms with Crippen LogP contribution in [0.4, 0.5) is 4.39 Å². The molecule has 3 unspecified atom stereocenters. The highest BCUT2D eigenvalue weighted by Crippen LogP contribution is 2.46. The third-order valence-corrected chi connectivity index (χ3v) is 15.1. The number of hydrogen-bond donors (Lipinski definition) is 0. The van der Waals surface area contributed by atoms with Crippen LogP contribution >= 0.6 is 0 Å². The predicted molar refractivity (Wildman–Crippen MR) is 168 cm³/mol. The van der Waals surface area contributed by atoms with Crippen LogP contribution in [-0.2, 0) is 15.8 Å². The van der Waals surface area contributed by atoms with Gasteiger partial charge in [-0.3, -0.25) is 4.90 Å². The Bertz CT molecular complexity index is 1240. The number of aryl methyl sites for hydroxylation is 1. The Morgan fingerprint density at radius 3 is 1.98 bits per heavy atom. The highest BCUT2D eigenvalue weighted by Gasteiger charge is 2.52. The van der Waals surface area contributed by atoms with Gasteiger partial charge >= 0.3 is 0 Å². The maximum Gasteiger partial charge on any atom is 0.261 e. The predicted octanol–water partition coefficient (Wildman–Crippen LogP) is 6.86. The van der Waals surface area contributed by atoms with Gasteiger partial charge in [-0.2, -0.15) is 0 Å². The molecule has 6 rings (SSSR count). The zero-order valence-electron chi connectivity index (χ0n) is 25.2. The van der Waals surface area contributed by atoms with Crippen LogP contribution in [0.2, 0.25) is 5.04 Å². The van der Waals surface area contributed by atoms with Gasteiger partial charge in [0.2, 0.25) is 0 Å². The van der Waals surface area contributed by atoms with Gasteiger partial charge in [-0.25, -0.2) is 4.39 Å². The summed E-state index contributed by atoms with van der Waals surface area (Å²) in [5.41, 5.74) is 1.69. The molecule has 3 fully saturated rings. The van der Waals surface area contributed by atoms with Gasteiger partial charge in [0.1, 0.15) is 5.82 Å². The Morgan fingerprint density at radius 2 is 1.41 bits per heavy atom. The van der Waals surface area contributed by atoms with E-state index in [1.807, 2.05) is 13.0 Å². The first kappa shape index (κ1) is 28.8. The number of benzene rings is 3. The normalized spacial score (nSPS) is 26.3. The van der Waals surface area contributed by atoms with Crippen LogP contribution in [0.15, 0.2) is 78.9 Å². The Morgan fingerprint density at radius 1 is 0.805 bits per heavy atom. The maximum atomic E-state index is 14.3. The van der Waals surface area contributed by atoms with E-state index < -0.39 is 8.32 Å². The zero-order chi connectivity index (χ0) is 28.6. The molecule has 2 saturated heterocycles. The Balaban J connectivity index is 1.08. The number of fused-ring (bicyclic) bond motifs is 2. The molecule has 0 amide bonds. The van der Waals surface area contributed by atoms with E-state index in [0.29, 0.717) is 30.2 Å². The second-order valence-electron chi connectivity index (χ2n) is 13.8. The fraction of sp³-hybridized carbons (Fsp3) is 0.500. The van der Waals surface area contributed by atoms with Gasteiger partial charge in [0, 0.05) is 30.8 Å². The first-order chi connectivity index (χ1) is 19.8. The third-order valence-electron chi connectivity index (χ3n) is 10.1. The van der Waals surface area contributed by atoms with E-state index in [-0.39, 0.29) is 17.0 Å². The zero-order valence-corrected chi connectivity index (χ0v) is 26.2. The molecule has 0 radical (unpaired) electrons. The van der Waals surface area contributed by atoms with Gasteiger partial charge in [0.15, 0.2) is 0 Å². The maximum absolute atomic E-state index is 14.3. The van der Waals surface area contributed by atoms with Gasteiger partial charge in [0.25, 0.3) is 8.32 Å². The van der Waals surface area contributed by atoms with Crippen molar-refractivity contribution >= 4 is 18.7 Å².